The summed E-state index contributed by atoms with van der Waals surface area (Å²) in [6, 6.07) is 4.49. The number of anilines is 1. The molecular formula is C20H22BrClF3N5O2. The molecule has 4 rings (SSSR count). The van der Waals surface area contributed by atoms with Gasteiger partial charge in [0.25, 0.3) is 5.91 Å². The van der Waals surface area contributed by atoms with Crippen molar-refractivity contribution in [3.63, 3.8) is 0 Å². The van der Waals surface area contributed by atoms with Crippen LogP contribution in [0.1, 0.15) is 34.6 Å². The molecule has 2 atom stereocenters. The van der Waals surface area contributed by atoms with E-state index in [2.05, 4.69) is 36.4 Å². The minimum absolute atomic E-state index is 0.0742. The van der Waals surface area contributed by atoms with Gasteiger partial charge in [-0.05, 0) is 17.7 Å². The minimum atomic E-state index is -4.56. The summed E-state index contributed by atoms with van der Waals surface area (Å²) in [4.78, 5) is 18.9. The first-order chi connectivity index (χ1) is 15.2. The number of fused-ring (bicyclic) bond motifs is 1. The van der Waals surface area contributed by atoms with Crippen LogP contribution in [0.2, 0.25) is 5.15 Å². The largest absolute Gasteiger partial charge is 0.409 e. The van der Waals surface area contributed by atoms with Gasteiger partial charge >= 0.3 is 6.18 Å². The van der Waals surface area contributed by atoms with Crippen LogP contribution in [0.3, 0.4) is 0 Å². The van der Waals surface area contributed by atoms with E-state index in [1.807, 2.05) is 0 Å². The highest BCUT2D eigenvalue weighted by Gasteiger charge is 2.47. The highest BCUT2D eigenvalue weighted by atomic mass is 79.9. The van der Waals surface area contributed by atoms with E-state index in [9.17, 15) is 18.0 Å². The van der Waals surface area contributed by atoms with Gasteiger partial charge in [-0.25, -0.2) is 4.98 Å². The average Bonchev–Trinajstić information content (AvgIpc) is 3.10. The van der Waals surface area contributed by atoms with Crippen molar-refractivity contribution in [3.8, 4) is 0 Å². The van der Waals surface area contributed by atoms with Crippen LogP contribution in [-0.2, 0) is 4.74 Å². The van der Waals surface area contributed by atoms with Crippen molar-refractivity contribution < 1.29 is 22.7 Å². The van der Waals surface area contributed by atoms with Crippen molar-refractivity contribution >= 4 is 39.4 Å². The number of carbonyl (C=O) groups excluding carboxylic acids is 1. The number of carbonyl (C=O) groups is 1. The van der Waals surface area contributed by atoms with Crippen molar-refractivity contribution in [2.45, 2.75) is 24.7 Å². The van der Waals surface area contributed by atoms with Gasteiger partial charge in [-0.2, -0.15) is 13.2 Å². The highest BCUT2D eigenvalue weighted by molar-refractivity contribution is 9.10. The van der Waals surface area contributed by atoms with Crippen LogP contribution in [0.4, 0.5) is 19.1 Å². The first-order valence-corrected chi connectivity index (χ1v) is 11.4. The molecule has 0 bridgehead atoms. The number of imidazole rings is 1. The Balaban J connectivity index is 1.53. The molecule has 12 heteroatoms. The van der Waals surface area contributed by atoms with E-state index in [-0.39, 0.29) is 23.2 Å². The lowest BCUT2D eigenvalue weighted by molar-refractivity contribution is -0.171. The van der Waals surface area contributed by atoms with Gasteiger partial charge in [-0.3, -0.25) is 14.3 Å². The lowest BCUT2D eigenvalue weighted by Gasteiger charge is -2.34. The predicted molar refractivity (Wildman–Crippen MR) is 117 cm³/mol. The molecule has 3 heterocycles. The molecule has 0 unspecified atom stereocenters. The van der Waals surface area contributed by atoms with Gasteiger partial charge in [0.1, 0.15) is 11.2 Å². The van der Waals surface area contributed by atoms with Crippen LogP contribution in [-0.4, -0.2) is 65.9 Å². The van der Waals surface area contributed by atoms with Crippen LogP contribution in [0, 0.1) is 0 Å². The van der Waals surface area contributed by atoms with Crippen LogP contribution < -0.4 is 10.6 Å². The number of amides is 1. The second-order valence-corrected chi connectivity index (χ2v) is 8.97. The molecule has 2 aliphatic heterocycles. The van der Waals surface area contributed by atoms with Gasteiger partial charge in [0.05, 0.1) is 19.3 Å². The summed E-state index contributed by atoms with van der Waals surface area (Å²) < 4.78 is 48.7. The monoisotopic (exact) mass is 535 g/mol. The average molecular weight is 537 g/mol. The molecular weight excluding hydrogens is 515 g/mol. The number of halogens is 5. The van der Waals surface area contributed by atoms with Gasteiger partial charge in [0, 0.05) is 37.1 Å². The second-order valence-electron chi connectivity index (χ2n) is 7.70. The maximum atomic E-state index is 13.9. The summed E-state index contributed by atoms with van der Waals surface area (Å²) in [7, 11) is 0. The number of aromatic nitrogens is 2. The SMILES string of the molecule is O=C(NCCN1CCOCC1)c1nc2n(c1Cl)[C@@H](C(F)(F)F)C[C@H](c1ccc(Br)cc1)N2. The van der Waals surface area contributed by atoms with Crippen LogP contribution in [0.15, 0.2) is 28.7 Å². The zero-order valence-corrected chi connectivity index (χ0v) is 19.3. The standard InChI is InChI=1S/C20H22BrClF3N5O2/c21-13-3-1-12(2-4-13)14-11-15(20(23,24)25)30-17(22)16(28-19(30)27-14)18(31)26-5-6-29-7-9-32-10-8-29/h1-4,14-15H,5-11H2,(H,26,31)(H,27,28)/t14-,15-/m1/s1. The Morgan fingerprint density at radius 3 is 2.62 bits per heavy atom. The Morgan fingerprint density at radius 2 is 1.97 bits per heavy atom. The fraction of sp³-hybridized carbons (Fsp3) is 0.500. The number of rotatable bonds is 5. The number of nitrogens with zero attached hydrogens (tertiary/aromatic N) is 3. The lowest BCUT2D eigenvalue weighted by atomic mass is 9.97. The summed E-state index contributed by atoms with van der Waals surface area (Å²) >= 11 is 9.57. The number of hydrogen-bond acceptors (Lipinski definition) is 5. The van der Waals surface area contributed by atoms with Gasteiger partial charge in [0.2, 0.25) is 5.95 Å². The maximum Gasteiger partial charge on any atom is 0.409 e. The second kappa shape index (κ2) is 9.58. The van der Waals surface area contributed by atoms with Crippen LogP contribution in [0.25, 0.3) is 0 Å². The third-order valence-electron chi connectivity index (χ3n) is 5.61. The van der Waals surface area contributed by atoms with E-state index in [1.165, 1.54) is 0 Å². The van der Waals surface area contributed by atoms with Gasteiger partial charge in [-0.15, -0.1) is 0 Å². The fourth-order valence-corrected chi connectivity index (χ4v) is 4.51. The Bertz CT molecular complexity index is 963. The first kappa shape index (κ1) is 23.3. The molecule has 1 saturated heterocycles. The number of alkyl halides is 3. The Labute approximate surface area is 196 Å². The molecule has 7 nitrogen and oxygen atoms in total. The molecule has 1 aromatic heterocycles. The van der Waals surface area contributed by atoms with E-state index in [1.54, 1.807) is 24.3 Å². The van der Waals surface area contributed by atoms with E-state index in [0.29, 0.717) is 31.9 Å². The number of nitrogens with one attached hydrogen (secondary N) is 2. The fourth-order valence-electron chi connectivity index (χ4n) is 3.92. The molecule has 0 aliphatic carbocycles. The number of morpholine rings is 1. The Kier molecular flexibility index (Phi) is 6.99. The van der Waals surface area contributed by atoms with Crippen molar-refractivity contribution in [2.24, 2.45) is 0 Å². The minimum Gasteiger partial charge on any atom is -0.379 e. The number of hydrogen-bond donors (Lipinski definition) is 2. The molecule has 1 fully saturated rings. The van der Waals surface area contributed by atoms with E-state index < -0.39 is 24.2 Å². The predicted octanol–water partition coefficient (Wildman–Crippen LogP) is 4.02. The topological polar surface area (TPSA) is 71.4 Å². The number of benzene rings is 1. The van der Waals surface area contributed by atoms with E-state index in [0.717, 1.165) is 22.1 Å². The highest BCUT2D eigenvalue weighted by Crippen LogP contribution is 2.46. The Morgan fingerprint density at radius 1 is 1.28 bits per heavy atom. The smallest absolute Gasteiger partial charge is 0.379 e. The van der Waals surface area contributed by atoms with Crippen molar-refractivity contribution in [3.05, 3.63) is 45.1 Å². The molecule has 2 N–H and O–H groups in total. The summed E-state index contributed by atoms with van der Waals surface area (Å²) in [5, 5.41) is 5.39. The third-order valence-corrected chi connectivity index (χ3v) is 6.50. The lowest BCUT2D eigenvalue weighted by Crippen LogP contribution is -2.41. The maximum absolute atomic E-state index is 13.9. The quantitative estimate of drug-likeness (QED) is 0.604. The van der Waals surface area contributed by atoms with E-state index in [4.69, 9.17) is 16.3 Å². The molecule has 0 saturated carbocycles. The Hall–Kier alpha value is -1.82. The summed E-state index contributed by atoms with van der Waals surface area (Å²) in [5.74, 6) is -0.678. The van der Waals surface area contributed by atoms with Crippen molar-refractivity contribution in [2.75, 3.05) is 44.7 Å². The molecule has 1 amide bonds. The van der Waals surface area contributed by atoms with E-state index >= 15 is 0 Å². The molecule has 2 aliphatic rings. The van der Waals surface area contributed by atoms with Crippen molar-refractivity contribution in [1.82, 2.24) is 19.8 Å². The summed E-state index contributed by atoms with van der Waals surface area (Å²) in [6.07, 6.45) is -4.83. The van der Waals surface area contributed by atoms with Crippen molar-refractivity contribution in [1.29, 1.82) is 0 Å². The zero-order valence-electron chi connectivity index (χ0n) is 17.0. The number of ether oxygens (including phenoxy) is 1. The molecule has 2 aromatic rings. The summed E-state index contributed by atoms with van der Waals surface area (Å²) in [6.45, 7) is 3.74. The van der Waals surface area contributed by atoms with Gasteiger partial charge in [-0.1, -0.05) is 39.7 Å². The van der Waals surface area contributed by atoms with Crippen LogP contribution in [0.5, 0.6) is 0 Å². The summed E-state index contributed by atoms with van der Waals surface area (Å²) in [5.41, 5.74) is 0.464. The van der Waals surface area contributed by atoms with Gasteiger partial charge in [0.15, 0.2) is 5.69 Å². The normalized spacial score (nSPS) is 21.7. The zero-order chi connectivity index (χ0) is 22.9. The molecule has 1 aromatic carbocycles. The van der Waals surface area contributed by atoms with Crippen LogP contribution >= 0.6 is 27.5 Å². The molecule has 174 valence electrons. The molecule has 0 radical (unpaired) electrons. The third kappa shape index (κ3) is 5.05. The van der Waals surface area contributed by atoms with Gasteiger partial charge < -0.3 is 15.4 Å². The molecule has 0 spiro atoms. The molecule has 32 heavy (non-hydrogen) atoms. The first-order valence-electron chi connectivity index (χ1n) is 10.2.